The summed E-state index contributed by atoms with van der Waals surface area (Å²) >= 11 is 1.08. The van der Waals surface area contributed by atoms with Gasteiger partial charge in [0.1, 0.15) is 5.69 Å². The molecule has 1 amide bonds. The number of rotatable bonds is 4. The van der Waals surface area contributed by atoms with Crippen molar-refractivity contribution in [3.05, 3.63) is 16.1 Å². The molecule has 1 aromatic heterocycles. The van der Waals surface area contributed by atoms with Crippen LogP contribution >= 0.6 is 11.3 Å². The van der Waals surface area contributed by atoms with Gasteiger partial charge in [-0.05, 0) is 13.8 Å². The Balaban J connectivity index is 2.63. The Hall–Kier alpha value is -1.87. The lowest BCUT2D eigenvalue weighted by molar-refractivity contribution is 0.0526. The van der Waals surface area contributed by atoms with Crippen LogP contribution in [0.25, 0.3) is 0 Å². The second-order valence-electron chi connectivity index (χ2n) is 2.87. The summed E-state index contributed by atoms with van der Waals surface area (Å²) in [5.74, 6) is 4.50. The molecule has 1 N–H and O–H groups in total. The minimum atomic E-state index is -0.509. The van der Waals surface area contributed by atoms with Crippen LogP contribution in [-0.4, -0.2) is 30.0 Å². The molecule has 6 heteroatoms. The highest BCUT2D eigenvalue weighted by Crippen LogP contribution is 2.10. The van der Waals surface area contributed by atoms with Crippen molar-refractivity contribution in [2.75, 3.05) is 13.2 Å². The zero-order chi connectivity index (χ0) is 12.7. The van der Waals surface area contributed by atoms with Gasteiger partial charge in [-0.1, -0.05) is 5.92 Å². The molecule has 0 aliphatic carbocycles. The van der Waals surface area contributed by atoms with Crippen LogP contribution in [0.3, 0.4) is 0 Å². The van der Waals surface area contributed by atoms with E-state index >= 15 is 0 Å². The number of hydrogen-bond donors (Lipinski definition) is 1. The summed E-state index contributed by atoms with van der Waals surface area (Å²) in [7, 11) is 0. The Morgan fingerprint density at radius 2 is 2.35 bits per heavy atom. The van der Waals surface area contributed by atoms with E-state index in [4.69, 9.17) is 4.74 Å². The first-order valence-electron chi connectivity index (χ1n) is 4.99. The fourth-order valence-electron chi connectivity index (χ4n) is 0.968. The van der Waals surface area contributed by atoms with Crippen molar-refractivity contribution in [1.29, 1.82) is 0 Å². The molecule has 0 radical (unpaired) electrons. The number of nitrogens with zero attached hydrogens (tertiary/aromatic N) is 1. The third kappa shape index (κ3) is 3.89. The zero-order valence-corrected chi connectivity index (χ0v) is 10.4. The number of carbonyl (C=O) groups is 2. The zero-order valence-electron chi connectivity index (χ0n) is 9.57. The summed E-state index contributed by atoms with van der Waals surface area (Å²) in [5, 5.41) is 4.26. The van der Waals surface area contributed by atoms with Crippen LogP contribution in [0.2, 0.25) is 0 Å². The molecule has 0 unspecified atom stereocenters. The molecule has 0 aliphatic heterocycles. The Bertz CT molecular complexity index is 471. The Labute approximate surface area is 103 Å². The van der Waals surface area contributed by atoms with Crippen molar-refractivity contribution in [2.45, 2.75) is 13.8 Å². The first-order valence-corrected chi connectivity index (χ1v) is 5.87. The van der Waals surface area contributed by atoms with Crippen molar-refractivity contribution in [1.82, 2.24) is 10.3 Å². The molecule has 0 aromatic carbocycles. The third-order valence-electron chi connectivity index (χ3n) is 1.70. The number of hydrogen-bond acceptors (Lipinski definition) is 5. The van der Waals surface area contributed by atoms with Gasteiger partial charge >= 0.3 is 5.97 Å². The molecular formula is C11H12N2O3S. The number of amides is 1. The van der Waals surface area contributed by atoms with Gasteiger partial charge in [-0.3, -0.25) is 4.79 Å². The Kier molecular flexibility index (Phi) is 5.17. The molecule has 0 aliphatic rings. The van der Waals surface area contributed by atoms with Crippen molar-refractivity contribution in [3.63, 3.8) is 0 Å². The molecule has 0 spiro atoms. The summed E-state index contributed by atoms with van der Waals surface area (Å²) < 4.78 is 4.77. The molecule has 0 fully saturated rings. The van der Waals surface area contributed by atoms with Crippen LogP contribution < -0.4 is 5.32 Å². The second kappa shape index (κ2) is 6.66. The average Bonchev–Trinajstić information content (AvgIpc) is 2.79. The lowest BCUT2D eigenvalue weighted by Gasteiger charge is -1.97. The van der Waals surface area contributed by atoms with Crippen molar-refractivity contribution < 1.29 is 14.3 Å². The quantitative estimate of drug-likeness (QED) is 0.643. The van der Waals surface area contributed by atoms with Gasteiger partial charge in [0.15, 0.2) is 0 Å². The lowest BCUT2D eigenvalue weighted by atomic mass is 10.4. The van der Waals surface area contributed by atoms with Crippen LogP contribution in [0.5, 0.6) is 0 Å². The molecular weight excluding hydrogens is 240 g/mol. The summed E-state index contributed by atoms with van der Waals surface area (Å²) in [6.07, 6.45) is 0. The molecule has 0 saturated carbocycles. The van der Waals surface area contributed by atoms with E-state index in [-0.39, 0.29) is 29.8 Å². The predicted molar refractivity (Wildman–Crippen MR) is 63.9 cm³/mol. The minimum absolute atomic E-state index is 0.179. The minimum Gasteiger partial charge on any atom is -0.461 e. The van der Waals surface area contributed by atoms with Crippen LogP contribution in [0, 0.1) is 11.8 Å². The number of nitrogens with one attached hydrogen (secondary N) is 1. The molecule has 1 aromatic rings. The molecule has 0 bridgehead atoms. The SMILES string of the molecule is CC#CCNC(=O)c1csc(C(=O)OCC)n1. The van der Waals surface area contributed by atoms with Gasteiger partial charge < -0.3 is 10.1 Å². The van der Waals surface area contributed by atoms with E-state index < -0.39 is 5.97 Å². The van der Waals surface area contributed by atoms with Crippen LogP contribution in [0.15, 0.2) is 5.38 Å². The van der Waals surface area contributed by atoms with Gasteiger partial charge in [0.05, 0.1) is 13.2 Å². The second-order valence-corrected chi connectivity index (χ2v) is 3.73. The van der Waals surface area contributed by atoms with Crippen LogP contribution in [0.1, 0.15) is 34.1 Å². The van der Waals surface area contributed by atoms with E-state index in [1.54, 1.807) is 13.8 Å². The summed E-state index contributed by atoms with van der Waals surface area (Å²) in [6.45, 7) is 3.95. The maximum Gasteiger partial charge on any atom is 0.367 e. The Morgan fingerprint density at radius 1 is 1.59 bits per heavy atom. The normalized spacial score (nSPS) is 9.06. The molecule has 17 heavy (non-hydrogen) atoms. The molecule has 0 atom stereocenters. The van der Waals surface area contributed by atoms with Crippen LogP contribution in [-0.2, 0) is 4.74 Å². The highest BCUT2D eigenvalue weighted by atomic mass is 32.1. The monoisotopic (exact) mass is 252 g/mol. The van der Waals surface area contributed by atoms with E-state index in [0.717, 1.165) is 11.3 Å². The first-order chi connectivity index (χ1) is 8.19. The largest absolute Gasteiger partial charge is 0.461 e. The van der Waals surface area contributed by atoms with Gasteiger partial charge in [0, 0.05) is 5.38 Å². The summed E-state index contributed by atoms with van der Waals surface area (Å²) in [6, 6.07) is 0. The fourth-order valence-corrected chi connectivity index (χ4v) is 1.66. The Morgan fingerprint density at radius 3 is 3.00 bits per heavy atom. The molecule has 90 valence electrons. The van der Waals surface area contributed by atoms with Gasteiger partial charge in [-0.2, -0.15) is 0 Å². The average molecular weight is 252 g/mol. The number of carbonyl (C=O) groups excluding carboxylic acids is 2. The number of thiazole rings is 1. The smallest absolute Gasteiger partial charge is 0.367 e. The van der Waals surface area contributed by atoms with Crippen molar-refractivity contribution >= 4 is 23.2 Å². The van der Waals surface area contributed by atoms with Crippen molar-refractivity contribution in [2.24, 2.45) is 0 Å². The summed E-state index contributed by atoms with van der Waals surface area (Å²) in [4.78, 5) is 26.7. The molecule has 1 rings (SSSR count). The lowest BCUT2D eigenvalue weighted by Crippen LogP contribution is -2.24. The van der Waals surface area contributed by atoms with Gasteiger partial charge in [0.2, 0.25) is 5.01 Å². The number of aromatic nitrogens is 1. The highest BCUT2D eigenvalue weighted by molar-refractivity contribution is 7.11. The van der Waals surface area contributed by atoms with Crippen LogP contribution in [0.4, 0.5) is 0 Å². The first kappa shape index (κ1) is 13.2. The maximum atomic E-state index is 11.5. The van der Waals surface area contributed by atoms with E-state index in [1.807, 2.05) is 0 Å². The predicted octanol–water partition coefficient (Wildman–Crippen LogP) is 1.07. The van der Waals surface area contributed by atoms with Crippen molar-refractivity contribution in [3.8, 4) is 11.8 Å². The van der Waals surface area contributed by atoms with E-state index in [0.29, 0.717) is 0 Å². The topological polar surface area (TPSA) is 68.3 Å². The third-order valence-corrected chi connectivity index (χ3v) is 2.52. The molecule has 0 saturated heterocycles. The standard InChI is InChI=1S/C11H12N2O3S/c1-3-5-6-12-9(14)8-7-17-10(13-8)11(15)16-4-2/h7H,4,6H2,1-2H3,(H,12,14). The fraction of sp³-hybridized carbons (Fsp3) is 0.364. The summed E-state index contributed by atoms with van der Waals surface area (Å²) in [5.41, 5.74) is 0.205. The molecule has 1 heterocycles. The van der Waals surface area contributed by atoms with E-state index in [1.165, 1.54) is 5.38 Å². The number of ether oxygens (including phenoxy) is 1. The van der Waals surface area contributed by atoms with Gasteiger partial charge in [0.25, 0.3) is 5.91 Å². The van der Waals surface area contributed by atoms with E-state index in [9.17, 15) is 9.59 Å². The highest BCUT2D eigenvalue weighted by Gasteiger charge is 2.15. The molecule has 5 nitrogen and oxygen atoms in total. The number of esters is 1. The van der Waals surface area contributed by atoms with Gasteiger partial charge in [-0.15, -0.1) is 17.3 Å². The maximum absolute atomic E-state index is 11.5. The van der Waals surface area contributed by atoms with Gasteiger partial charge in [-0.25, -0.2) is 9.78 Å². The van der Waals surface area contributed by atoms with E-state index in [2.05, 4.69) is 22.1 Å².